The van der Waals surface area contributed by atoms with Crippen LogP contribution in [0.5, 0.6) is 5.75 Å². The summed E-state index contributed by atoms with van der Waals surface area (Å²) < 4.78 is 8.34. The van der Waals surface area contributed by atoms with Crippen LogP contribution in [0.1, 0.15) is 72.1 Å². The molecule has 14 heteroatoms. The molecule has 0 bridgehead atoms. The molecule has 4 aliphatic heterocycles. The number of ether oxygens (including phenoxy) is 1. The number of anilines is 3. The number of carbonyl (C=O) groups excluding carboxylic acids is 3. The summed E-state index contributed by atoms with van der Waals surface area (Å²) in [6.45, 7) is 8.52. The summed E-state index contributed by atoms with van der Waals surface area (Å²) in [5, 5.41) is 22.5. The van der Waals surface area contributed by atoms with Gasteiger partial charge in [0.25, 0.3) is 5.91 Å². The van der Waals surface area contributed by atoms with Crippen molar-refractivity contribution < 1.29 is 24.2 Å². The van der Waals surface area contributed by atoms with Gasteiger partial charge in [0.1, 0.15) is 5.75 Å². The second kappa shape index (κ2) is 17.2. The number of aromatic hydroxyl groups is 1. The summed E-state index contributed by atoms with van der Waals surface area (Å²) in [5.41, 5.74) is 13.3. The Bertz CT molecular complexity index is 2420. The Balaban J connectivity index is 0.778. The first-order valence-electron chi connectivity index (χ1n) is 21.7. The van der Waals surface area contributed by atoms with Crippen molar-refractivity contribution in [2.45, 2.75) is 63.5 Å². The van der Waals surface area contributed by atoms with Gasteiger partial charge in [-0.3, -0.25) is 19.8 Å². The minimum absolute atomic E-state index is 0.0293. The number of phenolic OH excluding ortho intramolecular Hbond substituents is 1. The van der Waals surface area contributed by atoms with E-state index in [0.717, 1.165) is 92.7 Å². The van der Waals surface area contributed by atoms with Gasteiger partial charge in [-0.05, 0) is 99.0 Å². The first-order chi connectivity index (χ1) is 29.6. The molecule has 5 aromatic rings. The lowest BCUT2D eigenvalue weighted by atomic mass is 9.88. The van der Waals surface area contributed by atoms with E-state index in [4.69, 9.17) is 10.5 Å². The number of likely N-dealkylation sites (tertiary alicyclic amines) is 2. The van der Waals surface area contributed by atoms with Gasteiger partial charge in [0.2, 0.25) is 5.91 Å². The molecule has 0 spiro atoms. The third kappa shape index (κ3) is 8.26. The standard InChI is InChI=1S/C47H55N9O5/c1-30-24-38-40(55-23-18-44(58)49-47(55)60)7-5-8-41(38)56(30)35-16-19-52(20-17-35)27-31-14-21-53(22-15-31)46(59)33-12-10-32(11-13-33)34-25-36(61-2)29-54(28-34)42-26-39(50-51-45(42)48)37-6-3-4-9-43(37)57/h3-13,24,26,31,34-36,57H,14-23,25,27-29H2,1-2H3,(H2,48,51)(H,49,58,60). The van der Waals surface area contributed by atoms with Crippen LogP contribution in [-0.2, 0) is 9.53 Å². The SMILES string of the molecule is COC1CC(c2ccc(C(=O)N3CCC(CN4CCC(n5c(C)cc6c(N7CCC(=O)NC7=O)cccc65)CC4)CC3)cc2)CN(c2cc(-c3ccccc3O)nnc2N)C1. The number of benzene rings is 3. The van der Waals surface area contributed by atoms with E-state index in [1.807, 2.05) is 47.4 Å². The van der Waals surface area contributed by atoms with Crippen LogP contribution < -0.4 is 20.9 Å². The van der Waals surface area contributed by atoms with Gasteiger partial charge in [-0.2, -0.15) is 0 Å². The van der Waals surface area contributed by atoms with Crippen molar-refractivity contribution in [1.82, 2.24) is 29.9 Å². The number of rotatable bonds is 9. The number of hydrogen-bond acceptors (Lipinski definition) is 10. The number of nitrogen functional groups attached to an aromatic ring is 1. The van der Waals surface area contributed by atoms with Gasteiger partial charge in [0.05, 0.1) is 28.7 Å². The van der Waals surface area contributed by atoms with Crippen LogP contribution in [0, 0.1) is 12.8 Å². The minimum Gasteiger partial charge on any atom is -0.507 e. The fraction of sp³-hybridized carbons (Fsp3) is 0.426. The zero-order valence-electron chi connectivity index (χ0n) is 35.0. The van der Waals surface area contributed by atoms with Gasteiger partial charge in [0.15, 0.2) is 5.82 Å². The molecule has 14 nitrogen and oxygen atoms in total. The van der Waals surface area contributed by atoms with E-state index >= 15 is 0 Å². The fourth-order valence-electron chi connectivity index (χ4n) is 10.1. The van der Waals surface area contributed by atoms with Crippen LogP contribution in [0.15, 0.2) is 78.9 Å². The number of carbonyl (C=O) groups is 3. The number of phenols is 1. The molecule has 0 aliphatic carbocycles. The molecule has 6 heterocycles. The van der Waals surface area contributed by atoms with E-state index in [1.54, 1.807) is 24.1 Å². The molecule has 2 unspecified atom stereocenters. The number of aromatic nitrogens is 3. The lowest BCUT2D eigenvalue weighted by Gasteiger charge is -2.39. The number of urea groups is 1. The van der Waals surface area contributed by atoms with E-state index < -0.39 is 0 Å². The van der Waals surface area contributed by atoms with Crippen molar-refractivity contribution >= 4 is 45.9 Å². The first-order valence-corrected chi connectivity index (χ1v) is 21.7. The smallest absolute Gasteiger partial charge is 0.328 e. The van der Waals surface area contributed by atoms with Crippen molar-refractivity contribution in [3.63, 3.8) is 0 Å². The predicted octanol–water partition coefficient (Wildman–Crippen LogP) is 6.34. The number of hydrogen-bond donors (Lipinski definition) is 3. The molecular formula is C47H55N9O5. The number of piperidine rings is 3. The summed E-state index contributed by atoms with van der Waals surface area (Å²) in [5.74, 6) is 1.02. The zero-order valence-corrected chi connectivity index (χ0v) is 35.0. The number of para-hydroxylation sites is 1. The third-order valence-corrected chi connectivity index (χ3v) is 13.4. The molecule has 4 amide bonds. The van der Waals surface area contributed by atoms with Crippen molar-refractivity contribution in [2.75, 3.05) is 75.0 Å². The summed E-state index contributed by atoms with van der Waals surface area (Å²) in [6.07, 6.45) is 5.22. The van der Waals surface area contributed by atoms with Gasteiger partial charge in [-0.1, -0.05) is 30.3 Å². The van der Waals surface area contributed by atoms with Crippen molar-refractivity contribution in [3.05, 3.63) is 95.7 Å². The molecule has 9 rings (SSSR count). The lowest BCUT2D eigenvalue weighted by Crippen LogP contribution is -2.49. The van der Waals surface area contributed by atoms with Crippen LogP contribution in [0.4, 0.5) is 22.0 Å². The summed E-state index contributed by atoms with van der Waals surface area (Å²) in [7, 11) is 1.73. The highest BCUT2D eigenvalue weighted by Crippen LogP contribution is 2.38. The summed E-state index contributed by atoms with van der Waals surface area (Å²) in [6, 6.07) is 25.4. The molecule has 2 atom stereocenters. The van der Waals surface area contributed by atoms with E-state index in [9.17, 15) is 19.5 Å². The number of methoxy groups -OCH3 is 1. The molecule has 61 heavy (non-hydrogen) atoms. The molecule has 318 valence electrons. The average molecular weight is 826 g/mol. The summed E-state index contributed by atoms with van der Waals surface area (Å²) >= 11 is 0. The maximum atomic E-state index is 13.7. The average Bonchev–Trinajstić information content (AvgIpc) is 3.63. The number of nitrogens with one attached hydrogen (secondary N) is 1. The van der Waals surface area contributed by atoms with Crippen LogP contribution in [-0.4, -0.2) is 113 Å². The maximum absolute atomic E-state index is 13.7. The van der Waals surface area contributed by atoms with Crippen LogP contribution in [0.25, 0.3) is 22.2 Å². The molecule has 0 saturated carbocycles. The summed E-state index contributed by atoms with van der Waals surface area (Å²) in [4.78, 5) is 46.7. The van der Waals surface area contributed by atoms with Gasteiger partial charge in [-0.15, -0.1) is 10.2 Å². The molecule has 4 saturated heterocycles. The molecular weight excluding hydrogens is 771 g/mol. The van der Waals surface area contributed by atoms with E-state index in [-0.39, 0.29) is 35.6 Å². The molecule has 4 fully saturated rings. The third-order valence-electron chi connectivity index (χ3n) is 13.4. The molecule has 4 aliphatic rings. The first kappa shape index (κ1) is 40.4. The fourth-order valence-corrected chi connectivity index (χ4v) is 10.1. The molecule has 3 aromatic carbocycles. The van der Waals surface area contributed by atoms with Gasteiger partial charge in [0, 0.05) is 100 Å². The van der Waals surface area contributed by atoms with Crippen molar-refractivity contribution in [2.24, 2.45) is 5.92 Å². The Kier molecular flexibility index (Phi) is 11.4. The zero-order chi connectivity index (χ0) is 42.2. The predicted molar refractivity (Wildman–Crippen MR) is 236 cm³/mol. The number of aryl methyl sites for hydroxylation is 1. The van der Waals surface area contributed by atoms with Gasteiger partial charge < -0.3 is 34.8 Å². The Morgan fingerprint density at radius 2 is 1.66 bits per heavy atom. The maximum Gasteiger partial charge on any atom is 0.328 e. The lowest BCUT2D eigenvalue weighted by molar-refractivity contribution is -0.120. The van der Waals surface area contributed by atoms with E-state index in [2.05, 4.69) is 61.1 Å². The monoisotopic (exact) mass is 825 g/mol. The Morgan fingerprint density at radius 1 is 0.885 bits per heavy atom. The van der Waals surface area contributed by atoms with E-state index in [1.165, 1.54) is 5.69 Å². The number of fused-ring (bicyclic) bond motifs is 1. The highest BCUT2D eigenvalue weighted by molar-refractivity contribution is 6.09. The number of imide groups is 1. The largest absolute Gasteiger partial charge is 0.507 e. The normalized spacial score (nSPS) is 21.0. The molecule has 2 aromatic heterocycles. The quantitative estimate of drug-likeness (QED) is 0.153. The minimum atomic E-state index is -0.356. The number of amides is 4. The topological polar surface area (TPSA) is 162 Å². The molecule has 4 N–H and O–H groups in total. The van der Waals surface area contributed by atoms with Crippen LogP contribution >= 0.6 is 0 Å². The van der Waals surface area contributed by atoms with Gasteiger partial charge in [-0.25, -0.2) is 4.79 Å². The van der Waals surface area contributed by atoms with Crippen LogP contribution in [0.3, 0.4) is 0 Å². The Morgan fingerprint density at radius 3 is 2.39 bits per heavy atom. The van der Waals surface area contributed by atoms with E-state index in [0.29, 0.717) is 60.7 Å². The Hall–Kier alpha value is -5.99. The van der Waals surface area contributed by atoms with Crippen molar-refractivity contribution in [3.8, 4) is 17.0 Å². The van der Waals surface area contributed by atoms with Crippen LogP contribution in [0.2, 0.25) is 0 Å². The van der Waals surface area contributed by atoms with Gasteiger partial charge >= 0.3 is 6.03 Å². The highest BCUT2D eigenvalue weighted by Gasteiger charge is 2.33. The number of nitrogens with zero attached hydrogens (tertiary/aromatic N) is 7. The highest BCUT2D eigenvalue weighted by atomic mass is 16.5. The second-order valence-electron chi connectivity index (χ2n) is 17.2. The molecule has 0 radical (unpaired) electrons. The Labute approximate surface area is 356 Å². The second-order valence-corrected chi connectivity index (χ2v) is 17.2. The number of nitrogens with two attached hydrogens (primary N) is 1. The van der Waals surface area contributed by atoms with Crippen molar-refractivity contribution in [1.29, 1.82) is 0 Å².